The zero-order chi connectivity index (χ0) is 21.2. The molecular formula is C21H22N6O4. The van der Waals surface area contributed by atoms with Crippen molar-refractivity contribution in [3.05, 3.63) is 42.6 Å². The Labute approximate surface area is 178 Å². The Hall–Kier alpha value is -3.82. The normalized spacial score (nSPS) is 20.2. The Morgan fingerprint density at radius 1 is 1.06 bits per heavy atom. The number of hydrogen-bond donors (Lipinski definition) is 2. The number of nitrogens with one attached hydrogen (secondary N) is 2. The first-order valence-corrected chi connectivity index (χ1v) is 10.1. The van der Waals surface area contributed by atoms with Crippen LogP contribution in [0.3, 0.4) is 0 Å². The minimum absolute atomic E-state index is 0.00772. The van der Waals surface area contributed by atoms with E-state index in [-0.39, 0.29) is 25.0 Å². The third kappa shape index (κ3) is 4.09. The van der Waals surface area contributed by atoms with Gasteiger partial charge in [0.1, 0.15) is 11.9 Å². The highest BCUT2D eigenvalue weighted by Crippen LogP contribution is 2.34. The molecule has 5 rings (SSSR count). The number of aliphatic imine (C=N–C) groups is 1. The molecule has 1 aromatic carbocycles. The number of amides is 2. The summed E-state index contributed by atoms with van der Waals surface area (Å²) < 4.78 is 10.6. The average molecular weight is 422 g/mol. The first-order valence-electron chi connectivity index (χ1n) is 10.1. The smallest absolute Gasteiger partial charge is 0.249 e. The number of carbonyl (C=O) groups is 2. The van der Waals surface area contributed by atoms with Gasteiger partial charge in [0, 0.05) is 44.1 Å². The monoisotopic (exact) mass is 422 g/mol. The molecule has 2 amide bonds. The van der Waals surface area contributed by atoms with Crippen molar-refractivity contribution >= 4 is 29.3 Å². The molecule has 0 bridgehead atoms. The van der Waals surface area contributed by atoms with Crippen molar-refractivity contribution in [1.29, 1.82) is 0 Å². The number of ether oxygens (including phenoxy) is 2. The Morgan fingerprint density at radius 3 is 2.68 bits per heavy atom. The SMILES string of the molecule is O=C1C[C@H](C(=O)Nc2ccc3c(c2)OCO3)N=C(N2CCN(c3ccccn3)CC2)N1. The number of aromatic nitrogens is 1. The number of carbonyl (C=O) groups excluding carboxylic acids is 2. The molecule has 2 aromatic rings. The number of piperazine rings is 1. The summed E-state index contributed by atoms with van der Waals surface area (Å²) >= 11 is 0. The van der Waals surface area contributed by atoms with Crippen LogP contribution in [0.1, 0.15) is 6.42 Å². The molecule has 0 aliphatic carbocycles. The van der Waals surface area contributed by atoms with Crippen LogP contribution < -0.4 is 25.0 Å². The molecule has 1 atom stereocenters. The Morgan fingerprint density at radius 2 is 1.87 bits per heavy atom. The maximum Gasteiger partial charge on any atom is 0.249 e. The van der Waals surface area contributed by atoms with Crippen LogP contribution in [-0.4, -0.2) is 66.7 Å². The van der Waals surface area contributed by atoms with E-state index in [2.05, 4.69) is 25.5 Å². The predicted octanol–water partition coefficient (Wildman–Crippen LogP) is 0.815. The van der Waals surface area contributed by atoms with Crippen molar-refractivity contribution in [1.82, 2.24) is 15.2 Å². The molecule has 0 unspecified atom stereocenters. The van der Waals surface area contributed by atoms with Crippen molar-refractivity contribution in [2.45, 2.75) is 12.5 Å². The van der Waals surface area contributed by atoms with Gasteiger partial charge in [-0.05, 0) is 24.3 Å². The molecule has 0 spiro atoms. The Balaban J connectivity index is 1.24. The highest BCUT2D eigenvalue weighted by molar-refractivity contribution is 6.06. The molecule has 2 N–H and O–H groups in total. The van der Waals surface area contributed by atoms with Crippen LogP contribution in [0.15, 0.2) is 47.6 Å². The highest BCUT2D eigenvalue weighted by Gasteiger charge is 2.31. The lowest BCUT2D eigenvalue weighted by molar-refractivity contribution is -0.125. The molecule has 10 heteroatoms. The van der Waals surface area contributed by atoms with E-state index in [0.29, 0.717) is 36.2 Å². The number of anilines is 2. The summed E-state index contributed by atoms with van der Waals surface area (Å²) in [7, 11) is 0. The first-order chi connectivity index (χ1) is 15.2. The minimum Gasteiger partial charge on any atom is -0.454 e. The Bertz CT molecular complexity index is 1020. The molecule has 1 fully saturated rings. The summed E-state index contributed by atoms with van der Waals surface area (Å²) in [5, 5.41) is 5.63. The quantitative estimate of drug-likeness (QED) is 0.754. The zero-order valence-corrected chi connectivity index (χ0v) is 16.8. The van der Waals surface area contributed by atoms with E-state index in [9.17, 15) is 9.59 Å². The van der Waals surface area contributed by atoms with Crippen LogP contribution >= 0.6 is 0 Å². The lowest BCUT2D eigenvalue weighted by Crippen LogP contribution is -2.56. The van der Waals surface area contributed by atoms with Gasteiger partial charge in [-0.1, -0.05) is 6.07 Å². The Kier molecular flexibility index (Phi) is 5.03. The van der Waals surface area contributed by atoms with Crippen molar-refractivity contribution in [2.24, 2.45) is 4.99 Å². The van der Waals surface area contributed by atoms with Gasteiger partial charge in [-0.2, -0.15) is 0 Å². The summed E-state index contributed by atoms with van der Waals surface area (Å²) in [6.45, 7) is 3.01. The fourth-order valence-corrected chi connectivity index (χ4v) is 3.78. The van der Waals surface area contributed by atoms with E-state index >= 15 is 0 Å². The molecule has 160 valence electrons. The van der Waals surface area contributed by atoms with E-state index in [1.807, 2.05) is 23.1 Å². The van der Waals surface area contributed by atoms with Crippen LogP contribution in [-0.2, 0) is 9.59 Å². The van der Waals surface area contributed by atoms with E-state index in [1.165, 1.54) is 0 Å². The number of rotatable bonds is 3. The molecule has 3 aliphatic heterocycles. The summed E-state index contributed by atoms with van der Waals surface area (Å²) in [5.74, 6) is 2.04. The van der Waals surface area contributed by atoms with Crippen molar-refractivity contribution in [3.63, 3.8) is 0 Å². The van der Waals surface area contributed by atoms with Gasteiger partial charge in [0.2, 0.25) is 24.6 Å². The largest absolute Gasteiger partial charge is 0.454 e. The van der Waals surface area contributed by atoms with Crippen LogP contribution in [0.25, 0.3) is 0 Å². The van der Waals surface area contributed by atoms with Gasteiger partial charge in [0.05, 0.1) is 6.42 Å². The number of guanidine groups is 1. The molecule has 1 aromatic heterocycles. The topological polar surface area (TPSA) is 108 Å². The molecule has 1 saturated heterocycles. The van der Waals surface area contributed by atoms with E-state index in [4.69, 9.17) is 9.47 Å². The summed E-state index contributed by atoms with van der Waals surface area (Å²) in [6.07, 6.45) is 1.78. The molecule has 10 nitrogen and oxygen atoms in total. The number of pyridine rings is 1. The van der Waals surface area contributed by atoms with E-state index < -0.39 is 6.04 Å². The predicted molar refractivity (Wildman–Crippen MR) is 113 cm³/mol. The number of hydrogen-bond acceptors (Lipinski definition) is 8. The second kappa shape index (κ2) is 8.13. The minimum atomic E-state index is -0.789. The van der Waals surface area contributed by atoms with E-state index in [0.717, 1.165) is 18.9 Å². The van der Waals surface area contributed by atoms with Gasteiger partial charge in [-0.3, -0.25) is 14.9 Å². The highest BCUT2D eigenvalue weighted by atomic mass is 16.7. The standard InChI is InChI=1S/C21H22N6O4/c28-19-12-15(20(29)23-14-4-5-16-17(11-14)31-13-30-16)24-21(25-19)27-9-7-26(8-10-27)18-3-1-2-6-22-18/h1-6,11,15H,7-10,12-13H2,(H,23,29)(H,24,25,28)/t15-/m1/s1. The molecule has 31 heavy (non-hydrogen) atoms. The van der Waals surface area contributed by atoms with Gasteiger partial charge < -0.3 is 24.6 Å². The molecular weight excluding hydrogens is 400 g/mol. The van der Waals surface area contributed by atoms with E-state index in [1.54, 1.807) is 24.4 Å². The maximum absolute atomic E-state index is 12.8. The third-order valence-electron chi connectivity index (χ3n) is 5.40. The lowest BCUT2D eigenvalue weighted by atomic mass is 10.1. The lowest BCUT2D eigenvalue weighted by Gasteiger charge is -2.38. The fourth-order valence-electron chi connectivity index (χ4n) is 3.78. The fraction of sp³-hybridized carbons (Fsp3) is 0.333. The number of nitrogens with zero attached hydrogens (tertiary/aromatic N) is 4. The number of benzene rings is 1. The van der Waals surface area contributed by atoms with Gasteiger partial charge in [0.25, 0.3) is 0 Å². The van der Waals surface area contributed by atoms with Crippen LogP contribution in [0.5, 0.6) is 11.5 Å². The van der Waals surface area contributed by atoms with Crippen molar-refractivity contribution < 1.29 is 19.1 Å². The van der Waals surface area contributed by atoms with Crippen LogP contribution in [0, 0.1) is 0 Å². The van der Waals surface area contributed by atoms with Gasteiger partial charge >= 0.3 is 0 Å². The van der Waals surface area contributed by atoms with Gasteiger partial charge in [-0.15, -0.1) is 0 Å². The third-order valence-corrected chi connectivity index (χ3v) is 5.40. The average Bonchev–Trinajstić information content (AvgIpc) is 3.27. The summed E-state index contributed by atoms with van der Waals surface area (Å²) in [4.78, 5) is 38.1. The van der Waals surface area contributed by atoms with Crippen molar-refractivity contribution in [2.75, 3.05) is 43.2 Å². The summed E-state index contributed by atoms with van der Waals surface area (Å²) in [6, 6.07) is 10.2. The first kappa shape index (κ1) is 19.2. The van der Waals surface area contributed by atoms with Crippen LogP contribution in [0.2, 0.25) is 0 Å². The summed E-state index contributed by atoms with van der Waals surface area (Å²) in [5.41, 5.74) is 0.570. The van der Waals surface area contributed by atoms with Gasteiger partial charge in [0.15, 0.2) is 11.5 Å². The second-order valence-electron chi connectivity index (χ2n) is 7.44. The molecule has 0 radical (unpaired) electrons. The zero-order valence-electron chi connectivity index (χ0n) is 16.8. The molecule has 3 aliphatic rings. The molecule has 4 heterocycles. The van der Waals surface area contributed by atoms with Gasteiger partial charge in [-0.25, -0.2) is 9.98 Å². The van der Waals surface area contributed by atoms with Crippen molar-refractivity contribution in [3.8, 4) is 11.5 Å². The second-order valence-corrected chi connectivity index (χ2v) is 7.44. The number of fused-ring (bicyclic) bond motifs is 1. The molecule has 0 saturated carbocycles. The maximum atomic E-state index is 12.8. The van der Waals surface area contributed by atoms with Crippen LogP contribution in [0.4, 0.5) is 11.5 Å².